The second-order valence-corrected chi connectivity index (χ2v) is 5.64. The maximum absolute atomic E-state index is 11.6. The Kier molecular flexibility index (Phi) is 4.92. The number of carbonyl (C=O) groups is 3. The number of hydrogen-bond donors (Lipinski definition) is 0. The molecule has 2 heterocycles. The van der Waals surface area contributed by atoms with Gasteiger partial charge in [0.15, 0.2) is 6.29 Å². The maximum atomic E-state index is 11.6. The molecule has 0 saturated carbocycles. The minimum atomic E-state index is -1.12. The number of fused-ring (bicyclic) bond motifs is 1. The summed E-state index contributed by atoms with van der Waals surface area (Å²) >= 11 is 0. The van der Waals surface area contributed by atoms with E-state index in [0.717, 1.165) is 25.7 Å². The Labute approximate surface area is 133 Å². The number of nitrogens with zero attached hydrogens (tertiary/aromatic N) is 1. The van der Waals surface area contributed by atoms with Gasteiger partial charge in [-0.25, -0.2) is 4.79 Å². The quantitative estimate of drug-likeness (QED) is 0.440. The predicted octanol–water partition coefficient (Wildman–Crippen LogP) is 1.44. The lowest BCUT2D eigenvalue weighted by atomic mass is 10.0. The molecule has 8 nitrogen and oxygen atoms in total. The first-order chi connectivity index (χ1) is 11.1. The molecule has 2 fully saturated rings. The molecule has 8 heteroatoms. The Balaban J connectivity index is 1.43. The van der Waals surface area contributed by atoms with Crippen LogP contribution in [-0.4, -0.2) is 48.1 Å². The number of imide groups is 1. The van der Waals surface area contributed by atoms with Gasteiger partial charge in [-0.3, -0.25) is 14.4 Å². The van der Waals surface area contributed by atoms with Gasteiger partial charge in [-0.15, -0.1) is 0 Å². The number of ether oxygens (including phenoxy) is 3. The zero-order valence-electron chi connectivity index (χ0n) is 12.6. The minimum absolute atomic E-state index is 0.00805. The fourth-order valence-corrected chi connectivity index (χ4v) is 2.84. The van der Waals surface area contributed by atoms with Crippen molar-refractivity contribution in [3.8, 4) is 0 Å². The largest absolute Gasteiger partial charge is 0.534 e. The molecular formula is C15H19NO7. The number of carbonyl (C=O) groups excluding carboxylic acids is 3. The van der Waals surface area contributed by atoms with Crippen LogP contribution in [0.2, 0.25) is 0 Å². The number of hydrogen-bond acceptors (Lipinski definition) is 7. The van der Waals surface area contributed by atoms with Gasteiger partial charge in [-0.2, -0.15) is 0 Å². The molecule has 0 aromatic rings. The molecule has 23 heavy (non-hydrogen) atoms. The van der Waals surface area contributed by atoms with E-state index in [-0.39, 0.29) is 31.7 Å². The smallest absolute Gasteiger partial charge is 0.427 e. The highest BCUT2D eigenvalue weighted by Crippen LogP contribution is 2.28. The first kappa shape index (κ1) is 15.9. The van der Waals surface area contributed by atoms with Crippen LogP contribution < -0.4 is 0 Å². The lowest BCUT2D eigenvalue weighted by molar-refractivity contribution is -0.180. The van der Waals surface area contributed by atoms with Crippen LogP contribution in [0.3, 0.4) is 0 Å². The molecule has 0 spiro atoms. The van der Waals surface area contributed by atoms with Crippen LogP contribution in [0.4, 0.5) is 4.79 Å². The van der Waals surface area contributed by atoms with Crippen molar-refractivity contribution < 1.29 is 33.4 Å². The van der Waals surface area contributed by atoms with Gasteiger partial charge in [0.2, 0.25) is 0 Å². The van der Waals surface area contributed by atoms with Gasteiger partial charge < -0.3 is 14.2 Å². The monoisotopic (exact) mass is 325 g/mol. The van der Waals surface area contributed by atoms with Crippen molar-refractivity contribution in [2.45, 2.75) is 57.0 Å². The predicted molar refractivity (Wildman–Crippen MR) is 74.7 cm³/mol. The number of rotatable bonds is 3. The number of amides is 2. The summed E-state index contributed by atoms with van der Waals surface area (Å²) in [5.74, 6) is -1.10. The molecule has 0 bridgehead atoms. The average molecular weight is 325 g/mol. The molecule has 2 aliphatic heterocycles. The third kappa shape index (κ3) is 3.89. The van der Waals surface area contributed by atoms with Gasteiger partial charge in [0.25, 0.3) is 11.8 Å². The molecule has 0 aromatic carbocycles. The van der Waals surface area contributed by atoms with Crippen LogP contribution in [-0.2, 0) is 28.6 Å². The van der Waals surface area contributed by atoms with Crippen molar-refractivity contribution in [1.29, 1.82) is 0 Å². The van der Waals surface area contributed by atoms with E-state index in [1.165, 1.54) is 0 Å². The Bertz CT molecular complexity index is 484. The maximum Gasteiger partial charge on any atom is 0.534 e. The Morgan fingerprint density at radius 2 is 1.65 bits per heavy atom. The van der Waals surface area contributed by atoms with Crippen molar-refractivity contribution >= 4 is 18.0 Å². The fraction of sp³-hybridized carbons (Fsp3) is 0.667. The summed E-state index contributed by atoms with van der Waals surface area (Å²) in [6.45, 7) is -0.143. The molecule has 0 aromatic heterocycles. The molecule has 1 aliphatic carbocycles. The topological polar surface area (TPSA) is 91.4 Å². The Morgan fingerprint density at radius 3 is 2.22 bits per heavy atom. The van der Waals surface area contributed by atoms with Crippen molar-refractivity contribution in [3.63, 3.8) is 0 Å². The average Bonchev–Trinajstić information content (AvgIpc) is 3.03. The first-order valence-corrected chi connectivity index (χ1v) is 7.80. The fourth-order valence-electron chi connectivity index (χ4n) is 2.84. The Morgan fingerprint density at radius 1 is 1.09 bits per heavy atom. The van der Waals surface area contributed by atoms with Gasteiger partial charge in [-0.1, -0.05) is 17.2 Å². The first-order valence-electron chi connectivity index (χ1n) is 7.80. The molecule has 126 valence electrons. The van der Waals surface area contributed by atoms with E-state index in [9.17, 15) is 14.4 Å². The summed E-state index contributed by atoms with van der Waals surface area (Å²) in [5, 5.41) is 0.443. The zero-order chi connectivity index (χ0) is 16.2. The van der Waals surface area contributed by atoms with E-state index in [1.54, 1.807) is 0 Å². The highest BCUT2D eigenvalue weighted by molar-refractivity contribution is 6.01. The van der Waals surface area contributed by atoms with Crippen molar-refractivity contribution in [2.24, 2.45) is 0 Å². The van der Waals surface area contributed by atoms with E-state index in [4.69, 9.17) is 14.2 Å². The summed E-state index contributed by atoms with van der Waals surface area (Å²) < 4.78 is 16.3. The van der Waals surface area contributed by atoms with Crippen molar-refractivity contribution in [1.82, 2.24) is 5.06 Å². The molecule has 3 rings (SSSR count). The van der Waals surface area contributed by atoms with E-state index in [2.05, 4.69) is 17.0 Å². The normalized spacial score (nSPS) is 32.2. The Hall–Kier alpha value is -1.93. The SMILES string of the molecule is O=C(OC[C@H]1O[C@H]2CC/C=C\CC[C@H]2O1)ON1C(=O)CCC1=O. The van der Waals surface area contributed by atoms with Gasteiger partial charge in [0.1, 0.15) is 6.61 Å². The number of allylic oxidation sites excluding steroid dienone is 2. The van der Waals surface area contributed by atoms with Crippen LogP contribution in [0.1, 0.15) is 38.5 Å². The third-order valence-corrected chi connectivity index (χ3v) is 3.98. The van der Waals surface area contributed by atoms with Crippen LogP contribution in [0.25, 0.3) is 0 Å². The minimum Gasteiger partial charge on any atom is -0.427 e. The highest BCUT2D eigenvalue weighted by atomic mass is 16.8. The molecular weight excluding hydrogens is 306 g/mol. The molecule has 0 N–H and O–H groups in total. The molecule has 2 amide bonds. The van der Waals surface area contributed by atoms with Crippen LogP contribution >= 0.6 is 0 Å². The lowest BCUT2D eigenvalue weighted by Gasteiger charge is -2.16. The van der Waals surface area contributed by atoms with E-state index >= 15 is 0 Å². The second kappa shape index (κ2) is 7.10. The van der Waals surface area contributed by atoms with E-state index < -0.39 is 24.3 Å². The molecule has 0 radical (unpaired) electrons. The van der Waals surface area contributed by atoms with Crippen LogP contribution in [0.15, 0.2) is 12.2 Å². The van der Waals surface area contributed by atoms with Crippen LogP contribution in [0, 0.1) is 0 Å². The molecule has 2 saturated heterocycles. The van der Waals surface area contributed by atoms with Gasteiger partial charge in [0, 0.05) is 12.8 Å². The highest BCUT2D eigenvalue weighted by Gasteiger charge is 2.37. The van der Waals surface area contributed by atoms with Gasteiger partial charge >= 0.3 is 6.16 Å². The third-order valence-electron chi connectivity index (χ3n) is 3.98. The number of hydroxylamine groups is 2. The van der Waals surface area contributed by atoms with Gasteiger partial charge in [-0.05, 0) is 25.7 Å². The van der Waals surface area contributed by atoms with E-state index in [1.807, 2.05) is 0 Å². The standard InChI is InChI=1S/C15H19NO7/c17-12-7-8-13(18)16(12)23-15(19)20-9-14-21-10-5-3-1-2-4-6-11(10)22-14/h1-2,10-11,14H,3-9H2/b2-1-/t10-,11+,14-. The van der Waals surface area contributed by atoms with Crippen molar-refractivity contribution in [2.75, 3.05) is 6.61 Å². The zero-order valence-corrected chi connectivity index (χ0v) is 12.6. The van der Waals surface area contributed by atoms with Crippen LogP contribution in [0.5, 0.6) is 0 Å². The second-order valence-electron chi connectivity index (χ2n) is 5.64. The summed E-state index contributed by atoms with van der Waals surface area (Å²) in [6.07, 6.45) is 6.13. The molecule has 3 atom stereocenters. The van der Waals surface area contributed by atoms with Crippen molar-refractivity contribution in [3.05, 3.63) is 12.2 Å². The van der Waals surface area contributed by atoms with E-state index in [0.29, 0.717) is 5.06 Å². The lowest BCUT2D eigenvalue weighted by Crippen LogP contribution is -2.33. The molecule has 3 aliphatic rings. The summed E-state index contributed by atoms with van der Waals surface area (Å²) in [5.41, 5.74) is 0. The summed E-state index contributed by atoms with van der Waals surface area (Å²) in [7, 11) is 0. The van der Waals surface area contributed by atoms with Gasteiger partial charge in [0.05, 0.1) is 12.2 Å². The molecule has 0 unspecified atom stereocenters. The summed E-state index contributed by atoms with van der Waals surface area (Å²) in [6, 6.07) is 0. The summed E-state index contributed by atoms with van der Waals surface area (Å²) in [4.78, 5) is 38.8.